The van der Waals surface area contributed by atoms with Crippen molar-refractivity contribution in [1.29, 1.82) is 0 Å². The van der Waals surface area contributed by atoms with Gasteiger partial charge in [0.05, 0.1) is 6.20 Å². The Morgan fingerprint density at radius 3 is 2.63 bits per heavy atom. The third kappa shape index (κ3) is 4.22. The average molecular weight is 320 g/mol. The van der Waals surface area contributed by atoms with Gasteiger partial charge in [-0.3, -0.25) is 4.98 Å². The molecule has 1 aromatic heterocycles. The molecule has 0 atom stereocenters. The Balaban J connectivity index is 2.15. The van der Waals surface area contributed by atoms with Crippen molar-refractivity contribution in [2.75, 3.05) is 0 Å². The topological polar surface area (TPSA) is 59.4 Å². The van der Waals surface area contributed by atoms with Gasteiger partial charge in [-0.05, 0) is 42.0 Å². The van der Waals surface area contributed by atoms with E-state index >= 15 is 0 Å². The number of hydrogen-bond acceptors (Lipinski definition) is 3. The molecule has 1 heterocycles. The highest BCUT2D eigenvalue weighted by Crippen LogP contribution is 2.23. The zero-order chi connectivity index (χ0) is 13.7. The fourth-order valence-corrected chi connectivity index (χ4v) is 1.65. The molecule has 0 spiro atoms. The van der Waals surface area contributed by atoms with Gasteiger partial charge in [0.25, 0.3) is 0 Å². The van der Waals surface area contributed by atoms with E-state index < -0.39 is 5.97 Å². The Kier molecular flexibility index (Phi) is 4.30. The average Bonchev–Trinajstić information content (AvgIpc) is 2.40. The van der Waals surface area contributed by atoms with Crippen LogP contribution in [0.4, 0.5) is 0 Å². The molecule has 0 saturated carbocycles. The quantitative estimate of drug-likeness (QED) is 0.872. The third-order valence-corrected chi connectivity index (χ3v) is 2.73. The number of hydrogen-bond donors (Lipinski definition) is 1. The van der Waals surface area contributed by atoms with Crippen molar-refractivity contribution >= 4 is 28.0 Å². The molecule has 1 N–H and O–H groups in total. The van der Waals surface area contributed by atoms with E-state index in [9.17, 15) is 4.79 Å². The van der Waals surface area contributed by atoms with Crippen LogP contribution in [0.15, 0.2) is 53.3 Å². The molecule has 0 radical (unpaired) electrons. The van der Waals surface area contributed by atoms with Crippen LogP contribution in [0.3, 0.4) is 0 Å². The van der Waals surface area contributed by atoms with Gasteiger partial charge in [0, 0.05) is 16.7 Å². The summed E-state index contributed by atoms with van der Waals surface area (Å²) in [5.74, 6) is 0.235. The molecule has 96 valence electrons. The summed E-state index contributed by atoms with van der Waals surface area (Å²) in [5, 5.41) is 8.56. The summed E-state index contributed by atoms with van der Waals surface area (Å²) >= 11 is 3.34. The van der Waals surface area contributed by atoms with Gasteiger partial charge in [0.2, 0.25) is 0 Å². The molecule has 0 fully saturated rings. The number of nitrogens with zero attached hydrogens (tertiary/aromatic N) is 1. The molecule has 0 amide bonds. The lowest BCUT2D eigenvalue weighted by Crippen LogP contribution is -1.88. The summed E-state index contributed by atoms with van der Waals surface area (Å²) in [7, 11) is 0. The van der Waals surface area contributed by atoms with Crippen molar-refractivity contribution in [3.05, 3.63) is 58.8 Å². The Hall–Kier alpha value is -2.14. The van der Waals surface area contributed by atoms with E-state index in [0.29, 0.717) is 17.1 Å². The summed E-state index contributed by atoms with van der Waals surface area (Å²) in [5.41, 5.74) is 0.664. The van der Waals surface area contributed by atoms with Crippen molar-refractivity contribution < 1.29 is 14.6 Å². The van der Waals surface area contributed by atoms with Crippen LogP contribution in [0.1, 0.15) is 5.56 Å². The molecular formula is C14H10BrNO3. The Labute approximate surface area is 118 Å². The van der Waals surface area contributed by atoms with Gasteiger partial charge in [0.1, 0.15) is 11.5 Å². The van der Waals surface area contributed by atoms with Crippen molar-refractivity contribution in [2.45, 2.75) is 0 Å². The number of benzene rings is 1. The maximum Gasteiger partial charge on any atom is 0.328 e. The van der Waals surface area contributed by atoms with Gasteiger partial charge in [-0.1, -0.05) is 15.9 Å². The van der Waals surface area contributed by atoms with Crippen LogP contribution in [0.25, 0.3) is 6.08 Å². The fraction of sp³-hybridized carbons (Fsp3) is 0. The maximum atomic E-state index is 10.4. The first-order chi connectivity index (χ1) is 9.13. The lowest BCUT2D eigenvalue weighted by Gasteiger charge is -2.05. The zero-order valence-corrected chi connectivity index (χ0v) is 11.4. The van der Waals surface area contributed by atoms with Crippen molar-refractivity contribution in [1.82, 2.24) is 4.98 Å². The second-order valence-corrected chi connectivity index (χ2v) is 4.60. The van der Waals surface area contributed by atoms with Gasteiger partial charge in [-0.25, -0.2) is 4.79 Å². The molecule has 0 aliphatic carbocycles. The number of aromatic nitrogens is 1. The summed E-state index contributed by atoms with van der Waals surface area (Å²) < 4.78 is 6.58. The van der Waals surface area contributed by atoms with Crippen LogP contribution in [-0.2, 0) is 4.79 Å². The summed E-state index contributed by atoms with van der Waals surface area (Å²) in [6.07, 6.45) is 5.65. The van der Waals surface area contributed by atoms with Crippen LogP contribution in [0.2, 0.25) is 0 Å². The smallest absolute Gasteiger partial charge is 0.328 e. The maximum absolute atomic E-state index is 10.4. The zero-order valence-electron chi connectivity index (χ0n) is 9.79. The van der Waals surface area contributed by atoms with Gasteiger partial charge in [-0.2, -0.15) is 0 Å². The summed E-state index contributed by atoms with van der Waals surface area (Å²) in [4.78, 5) is 14.4. The molecule has 0 aliphatic rings. The van der Waals surface area contributed by atoms with E-state index in [1.54, 1.807) is 18.5 Å². The molecule has 2 aromatic rings. The molecule has 1 aromatic carbocycles. The highest BCUT2D eigenvalue weighted by Gasteiger charge is 1.99. The number of halogens is 1. The van der Waals surface area contributed by atoms with E-state index in [-0.39, 0.29) is 0 Å². The van der Waals surface area contributed by atoms with Crippen molar-refractivity contribution in [2.24, 2.45) is 0 Å². The number of carboxylic acids is 1. The Bertz CT molecular complexity index is 608. The fourth-order valence-electron chi connectivity index (χ4n) is 1.39. The number of pyridine rings is 1. The molecule has 19 heavy (non-hydrogen) atoms. The van der Waals surface area contributed by atoms with Crippen molar-refractivity contribution in [3.63, 3.8) is 0 Å². The van der Waals surface area contributed by atoms with Crippen LogP contribution in [0, 0.1) is 0 Å². The predicted molar refractivity (Wildman–Crippen MR) is 75.1 cm³/mol. The van der Waals surface area contributed by atoms with E-state index in [4.69, 9.17) is 9.84 Å². The number of rotatable bonds is 4. The van der Waals surface area contributed by atoms with Gasteiger partial charge in [0.15, 0.2) is 0 Å². The molecule has 4 nitrogen and oxygen atoms in total. The number of ether oxygens (including phenoxy) is 1. The van der Waals surface area contributed by atoms with E-state index in [1.807, 2.05) is 24.3 Å². The minimum atomic E-state index is -1.00. The largest absolute Gasteiger partial charge is 0.478 e. The molecule has 0 aliphatic heterocycles. The molecular weight excluding hydrogens is 310 g/mol. The Morgan fingerprint density at radius 1 is 1.21 bits per heavy atom. The molecule has 0 unspecified atom stereocenters. The first kappa shape index (κ1) is 13.3. The second kappa shape index (κ2) is 6.15. The molecule has 0 bridgehead atoms. The Morgan fingerprint density at radius 2 is 1.95 bits per heavy atom. The minimum Gasteiger partial charge on any atom is -0.478 e. The van der Waals surface area contributed by atoms with Gasteiger partial charge in [-0.15, -0.1) is 0 Å². The number of carbonyl (C=O) groups is 1. The van der Waals surface area contributed by atoms with Crippen LogP contribution in [-0.4, -0.2) is 16.1 Å². The van der Waals surface area contributed by atoms with E-state index in [1.165, 1.54) is 6.08 Å². The van der Waals surface area contributed by atoms with Gasteiger partial charge >= 0.3 is 5.97 Å². The molecule has 2 rings (SSSR count). The monoisotopic (exact) mass is 319 g/mol. The number of aliphatic carboxylic acids is 1. The predicted octanol–water partition coefficient (Wildman–Crippen LogP) is 3.73. The number of carboxylic acid groups (broad SMARTS) is 1. The highest BCUT2D eigenvalue weighted by atomic mass is 79.9. The normalized spacial score (nSPS) is 10.6. The highest BCUT2D eigenvalue weighted by molar-refractivity contribution is 9.10. The van der Waals surface area contributed by atoms with Gasteiger partial charge < -0.3 is 9.84 Å². The van der Waals surface area contributed by atoms with E-state index in [0.717, 1.165) is 10.5 Å². The standard InChI is InChI=1S/C14H10BrNO3/c15-11-2-4-12(5-3-11)19-13-7-10(8-16-9-13)1-6-14(17)18/h1-9H,(H,17,18)/b6-1+. The second-order valence-electron chi connectivity index (χ2n) is 3.68. The van der Waals surface area contributed by atoms with E-state index in [2.05, 4.69) is 20.9 Å². The van der Waals surface area contributed by atoms with Crippen LogP contribution in [0.5, 0.6) is 11.5 Å². The lowest BCUT2D eigenvalue weighted by molar-refractivity contribution is -0.131. The summed E-state index contributed by atoms with van der Waals surface area (Å²) in [6.45, 7) is 0. The molecule has 0 saturated heterocycles. The first-order valence-electron chi connectivity index (χ1n) is 5.43. The van der Waals surface area contributed by atoms with Crippen LogP contribution < -0.4 is 4.74 Å². The first-order valence-corrected chi connectivity index (χ1v) is 6.22. The lowest BCUT2D eigenvalue weighted by atomic mass is 10.2. The van der Waals surface area contributed by atoms with Crippen LogP contribution >= 0.6 is 15.9 Å². The molecule has 5 heteroatoms. The SMILES string of the molecule is O=C(O)/C=C/c1cncc(Oc2ccc(Br)cc2)c1. The van der Waals surface area contributed by atoms with Crippen molar-refractivity contribution in [3.8, 4) is 11.5 Å². The summed E-state index contributed by atoms with van der Waals surface area (Å²) in [6, 6.07) is 9.11. The third-order valence-electron chi connectivity index (χ3n) is 2.20. The minimum absolute atomic E-state index is 0.551.